The Morgan fingerprint density at radius 1 is 0.964 bits per heavy atom. The van der Waals surface area contributed by atoms with Crippen LogP contribution >= 0.6 is 0 Å². The SMILES string of the molecule is O=C(CNOc1cccc(-c2ccccc2)c1)Nc1ccnc(C(F)(F)F)c1. The second-order valence-electron chi connectivity index (χ2n) is 5.79. The number of rotatable bonds is 6. The van der Waals surface area contributed by atoms with E-state index in [9.17, 15) is 18.0 Å². The Balaban J connectivity index is 1.54. The molecule has 28 heavy (non-hydrogen) atoms. The molecule has 0 aliphatic heterocycles. The zero-order chi connectivity index (χ0) is 20.0. The van der Waals surface area contributed by atoms with E-state index < -0.39 is 17.8 Å². The van der Waals surface area contributed by atoms with Crippen LogP contribution in [0, 0.1) is 0 Å². The summed E-state index contributed by atoms with van der Waals surface area (Å²) in [5, 5.41) is 2.36. The van der Waals surface area contributed by atoms with Gasteiger partial charge in [0.15, 0.2) is 0 Å². The number of alkyl halides is 3. The number of carbonyl (C=O) groups excluding carboxylic acids is 1. The van der Waals surface area contributed by atoms with E-state index in [0.29, 0.717) is 5.75 Å². The standard InChI is InChI=1S/C20H16F3N3O2/c21-20(22,23)18-12-16(9-10-24-18)26-19(27)13-25-28-17-8-4-7-15(11-17)14-5-2-1-3-6-14/h1-12,25H,13H2,(H,24,26,27). The highest BCUT2D eigenvalue weighted by Gasteiger charge is 2.32. The number of aromatic nitrogens is 1. The third-order valence-corrected chi connectivity index (χ3v) is 3.70. The molecule has 144 valence electrons. The zero-order valence-electron chi connectivity index (χ0n) is 14.5. The van der Waals surface area contributed by atoms with Gasteiger partial charge in [-0.05, 0) is 35.4 Å². The molecule has 0 fully saturated rings. The van der Waals surface area contributed by atoms with Crippen LogP contribution in [0.1, 0.15) is 5.69 Å². The minimum atomic E-state index is -4.58. The van der Waals surface area contributed by atoms with Crippen molar-refractivity contribution in [1.82, 2.24) is 10.5 Å². The fourth-order valence-electron chi connectivity index (χ4n) is 2.42. The molecule has 3 aromatic rings. The number of hydroxylamine groups is 1. The van der Waals surface area contributed by atoms with Gasteiger partial charge in [-0.15, -0.1) is 5.48 Å². The maximum Gasteiger partial charge on any atom is 0.433 e. The van der Waals surface area contributed by atoms with E-state index >= 15 is 0 Å². The van der Waals surface area contributed by atoms with E-state index in [1.165, 1.54) is 6.07 Å². The summed E-state index contributed by atoms with van der Waals surface area (Å²) in [5.41, 5.74) is 3.38. The largest absolute Gasteiger partial charge is 0.433 e. The predicted molar refractivity (Wildman–Crippen MR) is 98.4 cm³/mol. The summed E-state index contributed by atoms with van der Waals surface area (Å²) in [4.78, 5) is 20.5. The number of nitrogens with one attached hydrogen (secondary N) is 2. The Morgan fingerprint density at radius 2 is 1.71 bits per heavy atom. The molecule has 1 aromatic heterocycles. The summed E-state index contributed by atoms with van der Waals surface area (Å²) in [6.07, 6.45) is -3.59. The van der Waals surface area contributed by atoms with Crippen molar-refractivity contribution in [1.29, 1.82) is 0 Å². The first-order valence-corrected chi connectivity index (χ1v) is 8.30. The van der Waals surface area contributed by atoms with Crippen LogP contribution in [0.3, 0.4) is 0 Å². The molecule has 0 bridgehead atoms. The minimum absolute atomic E-state index is 0.000185. The van der Waals surface area contributed by atoms with Crippen LogP contribution in [0.5, 0.6) is 5.75 Å². The molecule has 0 spiro atoms. The van der Waals surface area contributed by atoms with Crippen LogP contribution in [0.15, 0.2) is 72.9 Å². The maximum atomic E-state index is 12.6. The van der Waals surface area contributed by atoms with Gasteiger partial charge in [-0.2, -0.15) is 13.2 Å². The van der Waals surface area contributed by atoms with E-state index in [4.69, 9.17) is 4.84 Å². The van der Waals surface area contributed by atoms with Crippen LogP contribution in [0.2, 0.25) is 0 Å². The molecule has 1 amide bonds. The third kappa shape index (κ3) is 5.31. The first-order chi connectivity index (χ1) is 13.4. The lowest BCUT2D eigenvalue weighted by Gasteiger charge is -2.10. The molecular formula is C20H16F3N3O2. The van der Waals surface area contributed by atoms with Gasteiger partial charge in [0.2, 0.25) is 5.91 Å². The average Bonchev–Trinajstić information content (AvgIpc) is 2.68. The molecule has 1 heterocycles. The van der Waals surface area contributed by atoms with Gasteiger partial charge in [0.05, 0.1) is 0 Å². The highest BCUT2D eigenvalue weighted by Crippen LogP contribution is 2.28. The normalized spacial score (nSPS) is 11.1. The van der Waals surface area contributed by atoms with E-state index in [1.807, 2.05) is 42.5 Å². The van der Waals surface area contributed by atoms with Crippen molar-refractivity contribution in [3.63, 3.8) is 0 Å². The quantitative estimate of drug-likeness (QED) is 0.620. The molecule has 0 atom stereocenters. The van der Waals surface area contributed by atoms with Crippen molar-refractivity contribution in [2.75, 3.05) is 11.9 Å². The number of hydrogen-bond acceptors (Lipinski definition) is 4. The van der Waals surface area contributed by atoms with E-state index in [2.05, 4.69) is 15.8 Å². The smallest absolute Gasteiger partial charge is 0.408 e. The molecule has 8 heteroatoms. The summed E-state index contributed by atoms with van der Waals surface area (Å²) in [6.45, 7) is -0.251. The molecule has 0 saturated carbocycles. The topological polar surface area (TPSA) is 63.2 Å². The van der Waals surface area contributed by atoms with Gasteiger partial charge in [-0.25, -0.2) is 0 Å². The third-order valence-electron chi connectivity index (χ3n) is 3.70. The Hall–Kier alpha value is -3.39. The van der Waals surface area contributed by atoms with Crippen LogP contribution in [-0.4, -0.2) is 17.4 Å². The molecule has 0 aliphatic rings. The number of pyridine rings is 1. The van der Waals surface area contributed by atoms with Gasteiger partial charge in [-0.1, -0.05) is 42.5 Å². The first-order valence-electron chi connectivity index (χ1n) is 8.30. The molecule has 0 aliphatic carbocycles. The molecule has 0 radical (unpaired) electrons. The number of nitrogens with zero attached hydrogens (tertiary/aromatic N) is 1. The van der Waals surface area contributed by atoms with Crippen molar-refractivity contribution in [2.45, 2.75) is 6.18 Å². The van der Waals surface area contributed by atoms with E-state index in [-0.39, 0.29) is 12.2 Å². The fourth-order valence-corrected chi connectivity index (χ4v) is 2.42. The number of amides is 1. The molecule has 0 saturated heterocycles. The van der Waals surface area contributed by atoms with E-state index in [0.717, 1.165) is 23.4 Å². The molecule has 2 N–H and O–H groups in total. The number of carbonyl (C=O) groups is 1. The summed E-state index contributed by atoms with van der Waals surface area (Å²) in [6, 6.07) is 19.0. The summed E-state index contributed by atoms with van der Waals surface area (Å²) in [7, 11) is 0. The van der Waals surface area contributed by atoms with Crippen LogP contribution < -0.4 is 15.6 Å². The molecule has 0 unspecified atom stereocenters. The van der Waals surface area contributed by atoms with E-state index in [1.54, 1.807) is 12.1 Å². The number of halogens is 3. The highest BCUT2D eigenvalue weighted by atomic mass is 19.4. The predicted octanol–water partition coefficient (Wildman–Crippen LogP) is 4.29. The highest BCUT2D eigenvalue weighted by molar-refractivity contribution is 5.92. The second-order valence-corrected chi connectivity index (χ2v) is 5.79. The Morgan fingerprint density at radius 3 is 2.46 bits per heavy atom. The van der Waals surface area contributed by atoms with Crippen molar-refractivity contribution < 1.29 is 22.8 Å². The summed E-state index contributed by atoms with van der Waals surface area (Å²) < 4.78 is 37.9. The zero-order valence-corrected chi connectivity index (χ0v) is 14.5. The molecule has 5 nitrogen and oxygen atoms in total. The summed E-state index contributed by atoms with van der Waals surface area (Å²) in [5.74, 6) is -0.0593. The Kier molecular flexibility index (Phi) is 5.90. The van der Waals surface area contributed by atoms with Crippen molar-refractivity contribution in [2.24, 2.45) is 0 Å². The molecule has 2 aromatic carbocycles. The number of benzene rings is 2. The van der Waals surface area contributed by atoms with Gasteiger partial charge in [0.1, 0.15) is 18.0 Å². The lowest BCUT2D eigenvalue weighted by molar-refractivity contribution is -0.141. The first kappa shape index (κ1) is 19.4. The van der Waals surface area contributed by atoms with Gasteiger partial charge in [0, 0.05) is 11.9 Å². The van der Waals surface area contributed by atoms with Gasteiger partial charge < -0.3 is 10.2 Å². The minimum Gasteiger partial charge on any atom is -0.408 e. The second kappa shape index (κ2) is 8.53. The maximum absolute atomic E-state index is 12.6. The Labute approximate surface area is 159 Å². The lowest BCUT2D eigenvalue weighted by Crippen LogP contribution is -2.30. The number of hydrogen-bond donors (Lipinski definition) is 2. The Bertz CT molecular complexity index is 947. The fraction of sp³-hybridized carbons (Fsp3) is 0.100. The van der Waals surface area contributed by atoms with Gasteiger partial charge in [0.25, 0.3) is 0 Å². The van der Waals surface area contributed by atoms with Crippen LogP contribution in [-0.2, 0) is 11.0 Å². The number of anilines is 1. The van der Waals surface area contributed by atoms with Gasteiger partial charge >= 0.3 is 6.18 Å². The monoisotopic (exact) mass is 387 g/mol. The van der Waals surface area contributed by atoms with Crippen LogP contribution in [0.4, 0.5) is 18.9 Å². The van der Waals surface area contributed by atoms with Crippen molar-refractivity contribution in [3.8, 4) is 16.9 Å². The molecule has 3 rings (SSSR count). The average molecular weight is 387 g/mol. The molecular weight excluding hydrogens is 371 g/mol. The lowest BCUT2D eigenvalue weighted by atomic mass is 10.1. The van der Waals surface area contributed by atoms with Gasteiger partial charge in [-0.3, -0.25) is 9.78 Å². The van der Waals surface area contributed by atoms with Crippen molar-refractivity contribution >= 4 is 11.6 Å². The summed E-state index contributed by atoms with van der Waals surface area (Å²) >= 11 is 0. The van der Waals surface area contributed by atoms with Crippen molar-refractivity contribution in [3.05, 3.63) is 78.6 Å². The van der Waals surface area contributed by atoms with Crippen LogP contribution in [0.25, 0.3) is 11.1 Å².